The minimum Gasteiger partial charge on any atom is -0.404 e. The van der Waals surface area contributed by atoms with Gasteiger partial charge in [0.25, 0.3) is 0 Å². The SMILES string of the molecule is CC[C@H](N)C(=O)Nc1ccc(Br)cc1OC(F)(F)F. The molecule has 0 aliphatic carbocycles. The van der Waals surface area contributed by atoms with Crippen LogP contribution < -0.4 is 15.8 Å². The van der Waals surface area contributed by atoms with Gasteiger partial charge in [-0.2, -0.15) is 0 Å². The average molecular weight is 341 g/mol. The van der Waals surface area contributed by atoms with Crippen molar-refractivity contribution in [1.29, 1.82) is 0 Å². The van der Waals surface area contributed by atoms with Gasteiger partial charge in [0.15, 0.2) is 5.75 Å². The summed E-state index contributed by atoms with van der Waals surface area (Å²) >= 11 is 3.03. The number of halogens is 4. The summed E-state index contributed by atoms with van der Waals surface area (Å²) in [5.41, 5.74) is 5.40. The van der Waals surface area contributed by atoms with E-state index in [9.17, 15) is 18.0 Å². The maximum absolute atomic E-state index is 12.2. The first-order valence-corrected chi connectivity index (χ1v) is 6.14. The second-order valence-electron chi connectivity index (χ2n) is 3.69. The van der Waals surface area contributed by atoms with Gasteiger partial charge in [0, 0.05) is 4.47 Å². The number of nitrogens with one attached hydrogen (secondary N) is 1. The molecule has 1 aromatic carbocycles. The minimum absolute atomic E-state index is 0.0885. The molecule has 4 nitrogen and oxygen atoms in total. The zero-order valence-electron chi connectivity index (χ0n) is 9.92. The third kappa shape index (κ3) is 5.07. The Labute approximate surface area is 116 Å². The maximum Gasteiger partial charge on any atom is 0.573 e. The van der Waals surface area contributed by atoms with E-state index in [1.807, 2.05) is 0 Å². The Morgan fingerprint density at radius 3 is 2.68 bits per heavy atom. The predicted molar refractivity (Wildman–Crippen MR) is 67.7 cm³/mol. The second-order valence-corrected chi connectivity index (χ2v) is 4.61. The number of anilines is 1. The lowest BCUT2D eigenvalue weighted by atomic mass is 10.2. The van der Waals surface area contributed by atoms with Crippen molar-refractivity contribution >= 4 is 27.5 Å². The molecule has 3 N–H and O–H groups in total. The molecule has 0 fully saturated rings. The fourth-order valence-corrected chi connectivity index (χ4v) is 1.56. The molecule has 1 aromatic rings. The molecule has 0 saturated carbocycles. The van der Waals surface area contributed by atoms with Gasteiger partial charge in [-0.15, -0.1) is 13.2 Å². The van der Waals surface area contributed by atoms with Crippen molar-refractivity contribution in [2.45, 2.75) is 25.7 Å². The Hall–Kier alpha value is -1.28. The number of nitrogens with two attached hydrogens (primary N) is 1. The summed E-state index contributed by atoms with van der Waals surface area (Å²) in [5, 5.41) is 2.30. The number of amides is 1. The lowest BCUT2D eigenvalue weighted by Gasteiger charge is -2.16. The van der Waals surface area contributed by atoms with Crippen LogP contribution in [0.5, 0.6) is 5.75 Å². The van der Waals surface area contributed by atoms with Crippen LogP contribution in [0, 0.1) is 0 Å². The molecule has 1 atom stereocenters. The second kappa shape index (κ2) is 6.25. The largest absolute Gasteiger partial charge is 0.573 e. The highest BCUT2D eigenvalue weighted by Gasteiger charge is 2.32. The minimum atomic E-state index is -4.84. The number of carbonyl (C=O) groups excluding carboxylic acids is 1. The first-order chi connectivity index (χ1) is 8.73. The van der Waals surface area contributed by atoms with Gasteiger partial charge >= 0.3 is 6.36 Å². The van der Waals surface area contributed by atoms with Gasteiger partial charge in [0.1, 0.15) is 0 Å². The predicted octanol–water partition coefficient (Wildman–Crippen LogP) is 3.02. The van der Waals surface area contributed by atoms with Crippen LogP contribution in [0.3, 0.4) is 0 Å². The van der Waals surface area contributed by atoms with Crippen molar-refractivity contribution in [2.24, 2.45) is 5.73 Å². The van der Waals surface area contributed by atoms with Crippen molar-refractivity contribution in [3.05, 3.63) is 22.7 Å². The number of rotatable bonds is 4. The van der Waals surface area contributed by atoms with E-state index < -0.39 is 24.1 Å². The number of ether oxygens (including phenoxy) is 1. The van der Waals surface area contributed by atoms with E-state index in [2.05, 4.69) is 26.0 Å². The highest BCUT2D eigenvalue weighted by Crippen LogP contribution is 2.33. The van der Waals surface area contributed by atoms with Crippen molar-refractivity contribution in [3.63, 3.8) is 0 Å². The van der Waals surface area contributed by atoms with Crippen LogP contribution in [0.15, 0.2) is 22.7 Å². The number of carbonyl (C=O) groups is 1. The van der Waals surface area contributed by atoms with Crippen LogP contribution in [-0.2, 0) is 4.79 Å². The summed E-state index contributed by atoms with van der Waals surface area (Å²) in [7, 11) is 0. The summed E-state index contributed by atoms with van der Waals surface area (Å²) < 4.78 is 41.0. The zero-order valence-corrected chi connectivity index (χ0v) is 11.5. The number of alkyl halides is 3. The van der Waals surface area contributed by atoms with Crippen molar-refractivity contribution in [1.82, 2.24) is 0 Å². The van der Waals surface area contributed by atoms with Crippen LogP contribution in [0.4, 0.5) is 18.9 Å². The average Bonchev–Trinajstić information content (AvgIpc) is 2.29. The lowest BCUT2D eigenvalue weighted by molar-refractivity contribution is -0.274. The first-order valence-electron chi connectivity index (χ1n) is 5.34. The van der Waals surface area contributed by atoms with Gasteiger partial charge in [0.2, 0.25) is 5.91 Å². The van der Waals surface area contributed by atoms with Gasteiger partial charge in [-0.25, -0.2) is 0 Å². The molecule has 0 bridgehead atoms. The van der Waals surface area contributed by atoms with Crippen molar-refractivity contribution < 1.29 is 22.7 Å². The van der Waals surface area contributed by atoms with Crippen LogP contribution in [0.25, 0.3) is 0 Å². The molecule has 0 aromatic heterocycles. The number of hydrogen-bond donors (Lipinski definition) is 2. The van der Waals surface area contributed by atoms with E-state index in [0.717, 1.165) is 6.07 Å². The molecule has 0 spiro atoms. The Kier molecular flexibility index (Phi) is 5.19. The lowest BCUT2D eigenvalue weighted by Crippen LogP contribution is -2.35. The number of benzene rings is 1. The van der Waals surface area contributed by atoms with Crippen LogP contribution >= 0.6 is 15.9 Å². The Morgan fingerprint density at radius 1 is 1.53 bits per heavy atom. The highest BCUT2D eigenvalue weighted by atomic mass is 79.9. The molecule has 0 heterocycles. The van der Waals surface area contributed by atoms with E-state index in [-0.39, 0.29) is 5.69 Å². The number of hydrogen-bond acceptors (Lipinski definition) is 3. The quantitative estimate of drug-likeness (QED) is 0.885. The molecule has 19 heavy (non-hydrogen) atoms. The maximum atomic E-state index is 12.2. The Morgan fingerprint density at radius 2 is 2.16 bits per heavy atom. The Balaban J connectivity index is 2.97. The van der Waals surface area contributed by atoms with E-state index in [1.54, 1.807) is 6.92 Å². The van der Waals surface area contributed by atoms with E-state index in [4.69, 9.17) is 5.73 Å². The molecule has 0 saturated heterocycles. The third-order valence-electron chi connectivity index (χ3n) is 2.20. The fourth-order valence-electron chi connectivity index (χ4n) is 1.22. The standard InChI is InChI=1S/C11H12BrF3N2O2/c1-2-7(16)10(18)17-8-4-3-6(12)5-9(8)19-11(13,14)15/h3-5,7H,2,16H2,1H3,(H,17,18)/t7-/m0/s1. The molecular weight excluding hydrogens is 329 g/mol. The monoisotopic (exact) mass is 340 g/mol. The Bertz CT molecular complexity index is 466. The smallest absolute Gasteiger partial charge is 0.404 e. The third-order valence-corrected chi connectivity index (χ3v) is 2.70. The topological polar surface area (TPSA) is 64.4 Å². The van der Waals surface area contributed by atoms with Gasteiger partial charge in [-0.3, -0.25) is 4.79 Å². The van der Waals surface area contributed by atoms with Crippen LogP contribution in [-0.4, -0.2) is 18.3 Å². The molecule has 0 aliphatic heterocycles. The molecule has 106 valence electrons. The van der Waals surface area contributed by atoms with Crippen LogP contribution in [0.1, 0.15) is 13.3 Å². The summed E-state index contributed by atoms with van der Waals surface area (Å²) in [6.45, 7) is 1.69. The first kappa shape index (κ1) is 15.8. The van der Waals surface area contributed by atoms with Crippen molar-refractivity contribution in [3.8, 4) is 5.75 Å². The van der Waals surface area contributed by atoms with Gasteiger partial charge < -0.3 is 15.8 Å². The molecule has 0 radical (unpaired) electrons. The molecule has 0 unspecified atom stereocenters. The highest BCUT2D eigenvalue weighted by molar-refractivity contribution is 9.10. The normalized spacial score (nSPS) is 12.9. The molecule has 8 heteroatoms. The van der Waals surface area contributed by atoms with Gasteiger partial charge in [0.05, 0.1) is 11.7 Å². The van der Waals surface area contributed by atoms with Crippen LogP contribution in [0.2, 0.25) is 0 Å². The summed E-state index contributed by atoms with van der Waals surface area (Å²) in [5.74, 6) is -1.07. The molecule has 0 aliphatic rings. The van der Waals surface area contributed by atoms with E-state index in [1.165, 1.54) is 12.1 Å². The molecular formula is C11H12BrF3N2O2. The molecule has 1 rings (SSSR count). The van der Waals surface area contributed by atoms with Crippen molar-refractivity contribution in [2.75, 3.05) is 5.32 Å². The van der Waals surface area contributed by atoms with Gasteiger partial charge in [-0.05, 0) is 24.6 Å². The zero-order chi connectivity index (χ0) is 14.6. The summed E-state index contributed by atoms with van der Waals surface area (Å²) in [6, 6.07) is 3.10. The summed E-state index contributed by atoms with van der Waals surface area (Å²) in [4.78, 5) is 11.6. The fraction of sp³-hybridized carbons (Fsp3) is 0.364. The summed E-state index contributed by atoms with van der Waals surface area (Å²) in [6.07, 6.45) is -4.47. The molecule has 1 amide bonds. The van der Waals surface area contributed by atoms with E-state index in [0.29, 0.717) is 10.9 Å². The van der Waals surface area contributed by atoms with Gasteiger partial charge in [-0.1, -0.05) is 22.9 Å². The van der Waals surface area contributed by atoms with E-state index >= 15 is 0 Å².